The van der Waals surface area contributed by atoms with Crippen LogP contribution in [0.3, 0.4) is 0 Å². The fourth-order valence-corrected chi connectivity index (χ4v) is 4.25. The van der Waals surface area contributed by atoms with Gasteiger partial charge in [0, 0.05) is 11.8 Å². The second-order valence-electron chi connectivity index (χ2n) is 5.61. The zero-order valence-electron chi connectivity index (χ0n) is 13.7. The first kappa shape index (κ1) is 19.3. The molecule has 1 aromatic rings. The molecule has 6 nitrogen and oxygen atoms in total. The van der Waals surface area contributed by atoms with Gasteiger partial charge in [0.2, 0.25) is 0 Å². The minimum atomic E-state index is -3.62. The highest BCUT2D eigenvalue weighted by Crippen LogP contribution is 2.54. The van der Waals surface area contributed by atoms with Gasteiger partial charge in [0.25, 0.3) is 0 Å². The summed E-state index contributed by atoms with van der Waals surface area (Å²) in [6.07, 6.45) is 0.162. The Hall–Kier alpha value is -0.750. The number of esters is 1. The van der Waals surface area contributed by atoms with Crippen molar-refractivity contribution in [1.29, 1.82) is 0 Å². The average Bonchev–Trinajstić information content (AvgIpc) is 2.87. The third kappa shape index (κ3) is 5.80. The Bertz CT molecular complexity index is 502. The van der Waals surface area contributed by atoms with Gasteiger partial charge in [-0.05, 0) is 34.6 Å². The predicted octanol–water partition coefficient (Wildman–Crippen LogP) is 3.66. The Morgan fingerprint density at radius 3 is 2.32 bits per heavy atom. The number of aromatic nitrogens is 1. The number of rotatable bonds is 8. The van der Waals surface area contributed by atoms with Gasteiger partial charge < -0.3 is 13.8 Å². The van der Waals surface area contributed by atoms with Gasteiger partial charge in [-0.3, -0.25) is 9.36 Å². The van der Waals surface area contributed by atoms with E-state index in [9.17, 15) is 9.36 Å². The Morgan fingerprint density at radius 2 is 1.91 bits per heavy atom. The van der Waals surface area contributed by atoms with Gasteiger partial charge in [0.1, 0.15) is 5.60 Å². The third-order valence-electron chi connectivity index (χ3n) is 2.56. The smallest absolute Gasteiger partial charge is 0.345 e. The number of hydrogen-bond donors (Lipinski definition) is 0. The van der Waals surface area contributed by atoms with Gasteiger partial charge in [-0.2, -0.15) is 0 Å². The molecule has 22 heavy (non-hydrogen) atoms. The molecule has 1 rings (SSSR count). The normalized spacial score (nSPS) is 13.9. The van der Waals surface area contributed by atoms with Crippen LogP contribution < -0.4 is 0 Å². The number of ether oxygens (including phenoxy) is 1. The largest absolute Gasteiger partial charge is 0.459 e. The molecule has 0 bridgehead atoms. The summed E-state index contributed by atoms with van der Waals surface area (Å²) < 4.78 is 29.0. The molecule has 126 valence electrons. The minimum absolute atomic E-state index is 0.162. The summed E-state index contributed by atoms with van der Waals surface area (Å²) >= 11 is 1.41. The fourth-order valence-electron chi connectivity index (χ4n) is 1.81. The van der Waals surface area contributed by atoms with Crippen LogP contribution in [0, 0.1) is 0 Å². The number of nitrogens with zero attached hydrogens (tertiary/aromatic N) is 1. The highest BCUT2D eigenvalue weighted by molar-refractivity contribution is 7.55. The van der Waals surface area contributed by atoms with Crippen LogP contribution in [-0.4, -0.2) is 35.4 Å². The van der Waals surface area contributed by atoms with E-state index in [2.05, 4.69) is 4.98 Å². The zero-order valence-corrected chi connectivity index (χ0v) is 15.4. The molecule has 0 aromatic carbocycles. The molecule has 1 atom stereocenters. The number of hydrogen-bond acceptors (Lipinski definition) is 7. The van der Waals surface area contributed by atoms with Crippen LogP contribution >= 0.6 is 18.9 Å². The first-order valence-electron chi connectivity index (χ1n) is 7.20. The molecule has 1 heterocycles. The topological polar surface area (TPSA) is 74.7 Å². The van der Waals surface area contributed by atoms with Crippen LogP contribution in [0.15, 0.2) is 10.9 Å². The lowest BCUT2D eigenvalue weighted by Crippen LogP contribution is -2.34. The molecule has 0 N–H and O–H groups in total. The van der Waals surface area contributed by atoms with Crippen molar-refractivity contribution in [3.63, 3.8) is 0 Å². The van der Waals surface area contributed by atoms with E-state index in [-0.39, 0.29) is 19.6 Å². The molecule has 0 fully saturated rings. The van der Waals surface area contributed by atoms with Crippen LogP contribution in [0.1, 0.15) is 40.3 Å². The Balaban J connectivity index is 3.08. The van der Waals surface area contributed by atoms with Crippen molar-refractivity contribution in [1.82, 2.24) is 4.98 Å². The lowest BCUT2D eigenvalue weighted by atomic mass is 10.2. The maximum atomic E-state index is 13.0. The Kier molecular flexibility index (Phi) is 7.19. The summed E-state index contributed by atoms with van der Waals surface area (Å²) in [6.45, 7) is 9.08. The van der Waals surface area contributed by atoms with Crippen LogP contribution in [0.5, 0.6) is 0 Å². The van der Waals surface area contributed by atoms with Crippen molar-refractivity contribution in [2.24, 2.45) is 0 Å². The van der Waals surface area contributed by atoms with E-state index in [0.29, 0.717) is 5.69 Å². The van der Waals surface area contributed by atoms with Crippen molar-refractivity contribution in [2.75, 3.05) is 13.2 Å². The number of carbonyl (C=O) groups is 1. The van der Waals surface area contributed by atoms with E-state index >= 15 is 0 Å². The average molecular weight is 349 g/mol. The molecular weight excluding hydrogens is 325 g/mol. The number of thiazole rings is 1. The summed E-state index contributed by atoms with van der Waals surface area (Å²) in [5.41, 5.74) is 0.628. The summed E-state index contributed by atoms with van der Waals surface area (Å²) in [6, 6.07) is 0. The molecule has 0 radical (unpaired) electrons. The SMILES string of the molecule is CCOP(=O)(OCC)C(Cc1cscn1)C(=O)OC(C)(C)C. The summed E-state index contributed by atoms with van der Waals surface area (Å²) in [4.78, 5) is 16.6. The van der Waals surface area contributed by atoms with Gasteiger partial charge in [-0.25, -0.2) is 4.98 Å². The molecule has 8 heteroatoms. The molecule has 0 amide bonds. The molecule has 1 aromatic heterocycles. The summed E-state index contributed by atoms with van der Waals surface area (Å²) in [5, 5.41) is 1.81. The second-order valence-corrected chi connectivity index (χ2v) is 8.55. The van der Waals surface area contributed by atoms with E-state index in [0.717, 1.165) is 0 Å². The van der Waals surface area contributed by atoms with Gasteiger partial charge in [0.15, 0.2) is 5.66 Å². The van der Waals surface area contributed by atoms with Crippen LogP contribution in [-0.2, 0) is 29.6 Å². The van der Waals surface area contributed by atoms with E-state index < -0.39 is 24.8 Å². The van der Waals surface area contributed by atoms with Gasteiger partial charge in [0.05, 0.1) is 24.4 Å². The lowest BCUT2D eigenvalue weighted by molar-refractivity contribution is -0.154. The van der Waals surface area contributed by atoms with Crippen molar-refractivity contribution in [2.45, 2.75) is 52.3 Å². The van der Waals surface area contributed by atoms with E-state index in [1.165, 1.54) is 11.3 Å². The predicted molar refractivity (Wildman–Crippen MR) is 86.3 cm³/mol. The maximum absolute atomic E-state index is 13.0. The van der Waals surface area contributed by atoms with E-state index in [1.54, 1.807) is 45.5 Å². The van der Waals surface area contributed by atoms with Crippen LogP contribution in [0.4, 0.5) is 0 Å². The molecule has 0 spiro atoms. The highest BCUT2D eigenvalue weighted by Gasteiger charge is 2.43. The Morgan fingerprint density at radius 1 is 1.32 bits per heavy atom. The highest BCUT2D eigenvalue weighted by atomic mass is 32.1. The van der Waals surface area contributed by atoms with Crippen LogP contribution in [0.2, 0.25) is 0 Å². The van der Waals surface area contributed by atoms with E-state index in [4.69, 9.17) is 13.8 Å². The minimum Gasteiger partial charge on any atom is -0.459 e. The van der Waals surface area contributed by atoms with E-state index in [1.807, 2.05) is 0 Å². The quantitative estimate of drug-likeness (QED) is 0.527. The van der Waals surface area contributed by atoms with Gasteiger partial charge in [-0.15, -0.1) is 11.3 Å². The molecular formula is C14H24NO5PS. The molecule has 0 saturated carbocycles. The monoisotopic (exact) mass is 349 g/mol. The fraction of sp³-hybridized carbons (Fsp3) is 0.714. The summed E-state index contributed by atoms with van der Waals surface area (Å²) in [7, 11) is -3.62. The molecule has 1 unspecified atom stereocenters. The standard InChI is InChI=1S/C14H24NO5PS/c1-6-18-21(17,19-7-2)12(8-11-9-22-10-15-11)13(16)20-14(3,4)5/h9-10,12H,6-8H2,1-5H3. The van der Waals surface area contributed by atoms with Crippen molar-refractivity contribution in [3.05, 3.63) is 16.6 Å². The zero-order chi connectivity index (χ0) is 16.8. The lowest BCUT2D eigenvalue weighted by Gasteiger charge is -2.28. The molecule has 0 saturated heterocycles. The van der Waals surface area contributed by atoms with Crippen molar-refractivity contribution in [3.8, 4) is 0 Å². The second kappa shape index (κ2) is 8.20. The first-order chi connectivity index (χ1) is 10.2. The van der Waals surface area contributed by atoms with Crippen molar-refractivity contribution < 1.29 is 23.1 Å². The maximum Gasteiger partial charge on any atom is 0.345 e. The molecule has 0 aliphatic carbocycles. The molecule has 0 aliphatic heterocycles. The summed E-state index contributed by atoms with van der Waals surface area (Å²) in [5.74, 6) is -0.592. The van der Waals surface area contributed by atoms with Crippen molar-refractivity contribution >= 4 is 24.9 Å². The van der Waals surface area contributed by atoms with Crippen LogP contribution in [0.25, 0.3) is 0 Å². The Labute approximate surface area is 135 Å². The van der Waals surface area contributed by atoms with Gasteiger partial charge >= 0.3 is 13.6 Å². The molecule has 0 aliphatic rings. The first-order valence-corrected chi connectivity index (χ1v) is 9.76. The van der Waals surface area contributed by atoms with Gasteiger partial charge in [-0.1, -0.05) is 0 Å². The number of carbonyl (C=O) groups excluding carboxylic acids is 1. The third-order valence-corrected chi connectivity index (χ3v) is 5.59.